The van der Waals surface area contributed by atoms with Crippen LogP contribution in [0, 0.1) is 16.7 Å². The Balaban J connectivity index is 0. The molecule has 1 aromatic carbocycles. The number of rotatable bonds is 6. The van der Waals surface area contributed by atoms with Crippen molar-refractivity contribution >= 4 is 12.1 Å². The van der Waals surface area contributed by atoms with E-state index in [0.717, 1.165) is 0 Å². The van der Waals surface area contributed by atoms with E-state index in [1.807, 2.05) is 33.8 Å². The summed E-state index contributed by atoms with van der Waals surface area (Å²) < 4.78 is 12.7. The zero-order valence-corrected chi connectivity index (χ0v) is 21.5. The van der Waals surface area contributed by atoms with Crippen LogP contribution in [0.25, 0.3) is 0 Å². The number of hydrogen-bond acceptors (Lipinski definition) is 6. The van der Waals surface area contributed by atoms with Gasteiger partial charge >= 0.3 is 63.5 Å². The molecule has 0 bridgehead atoms. The van der Waals surface area contributed by atoms with Gasteiger partial charge in [0, 0.05) is 0 Å². The Morgan fingerprint density at radius 1 is 1.23 bits per heavy atom. The van der Waals surface area contributed by atoms with Crippen molar-refractivity contribution in [1.29, 1.82) is 5.26 Å². The summed E-state index contributed by atoms with van der Waals surface area (Å²) in [4.78, 5) is 20.4. The van der Waals surface area contributed by atoms with Crippen molar-refractivity contribution in [2.45, 2.75) is 40.2 Å². The number of carbonyl (C=O) groups is 2. The number of aliphatic carboxylic acids is 1. The number of nitrogens with zero attached hydrogens (tertiary/aromatic N) is 3. The van der Waals surface area contributed by atoms with Crippen LogP contribution in [0.3, 0.4) is 0 Å². The van der Waals surface area contributed by atoms with Crippen molar-refractivity contribution in [3.8, 4) is 23.4 Å². The molecule has 1 unspecified atom stereocenters. The van der Waals surface area contributed by atoms with Crippen LogP contribution in [0.4, 0.5) is 4.79 Å². The SMILES string of the molecule is CCc1c(Oc2ccc(C#N)cc2)c(OC)nn1C(C(=O)O)C(C)(C)C.O=C(O)O.[H-].[K+]. The number of methoxy groups -OCH3 is 1. The minimum atomic E-state index is -1.83. The van der Waals surface area contributed by atoms with Crippen molar-refractivity contribution in [2.75, 3.05) is 7.11 Å². The summed E-state index contributed by atoms with van der Waals surface area (Å²) in [5.74, 6) is 0.151. The summed E-state index contributed by atoms with van der Waals surface area (Å²) >= 11 is 0. The molecule has 0 radical (unpaired) electrons. The van der Waals surface area contributed by atoms with Gasteiger partial charge in [-0.1, -0.05) is 27.7 Å². The monoisotopic (exact) mass is 459 g/mol. The molecular weight excluding hydrogens is 433 g/mol. The molecule has 31 heavy (non-hydrogen) atoms. The van der Waals surface area contributed by atoms with Crippen LogP contribution in [0.1, 0.15) is 46.4 Å². The maximum atomic E-state index is 11.9. The molecule has 1 heterocycles. The maximum Gasteiger partial charge on any atom is 1.00 e. The fourth-order valence-corrected chi connectivity index (χ4v) is 2.76. The van der Waals surface area contributed by atoms with Crippen LogP contribution < -0.4 is 60.9 Å². The third-order valence-corrected chi connectivity index (χ3v) is 3.96. The van der Waals surface area contributed by atoms with Crippen molar-refractivity contribution in [3.05, 3.63) is 35.5 Å². The molecule has 0 saturated heterocycles. The fraction of sp³-hybridized carbons (Fsp3) is 0.400. The molecule has 2 aromatic rings. The Bertz CT molecular complexity index is 930. The van der Waals surface area contributed by atoms with Crippen molar-refractivity contribution in [3.63, 3.8) is 0 Å². The van der Waals surface area contributed by atoms with E-state index in [4.69, 9.17) is 29.7 Å². The normalized spacial score (nSPS) is 11.1. The zero-order chi connectivity index (χ0) is 23.1. The van der Waals surface area contributed by atoms with E-state index in [1.165, 1.54) is 11.8 Å². The molecule has 0 spiro atoms. The molecule has 0 amide bonds. The average molecular weight is 460 g/mol. The van der Waals surface area contributed by atoms with Gasteiger partial charge in [-0.3, -0.25) is 0 Å². The second kappa shape index (κ2) is 12.7. The Kier molecular flexibility index (Phi) is 11.8. The topological polar surface area (TPSA) is 155 Å². The van der Waals surface area contributed by atoms with E-state index < -0.39 is 23.6 Å². The molecule has 0 fully saturated rings. The molecule has 11 heteroatoms. The second-order valence-electron chi connectivity index (χ2n) is 7.21. The molecule has 0 aliphatic rings. The average Bonchev–Trinajstić information content (AvgIpc) is 2.97. The largest absolute Gasteiger partial charge is 1.00 e. The summed E-state index contributed by atoms with van der Waals surface area (Å²) in [6, 6.07) is 7.82. The van der Waals surface area contributed by atoms with E-state index in [-0.39, 0.29) is 58.7 Å². The van der Waals surface area contributed by atoms with E-state index >= 15 is 0 Å². The minimum Gasteiger partial charge on any atom is -1.00 e. The molecular formula is C20H26KN3O7. The first-order valence-corrected chi connectivity index (χ1v) is 8.94. The smallest absolute Gasteiger partial charge is 1.00 e. The predicted molar refractivity (Wildman–Crippen MR) is 107 cm³/mol. The summed E-state index contributed by atoms with van der Waals surface area (Å²) in [7, 11) is 1.46. The number of ether oxygens (including phenoxy) is 2. The van der Waals surface area contributed by atoms with Gasteiger partial charge in [-0.2, -0.15) is 5.26 Å². The third-order valence-electron chi connectivity index (χ3n) is 3.96. The van der Waals surface area contributed by atoms with Crippen LogP contribution >= 0.6 is 0 Å². The molecule has 1 atom stereocenters. The molecule has 1 aromatic heterocycles. The summed E-state index contributed by atoms with van der Waals surface area (Å²) in [6.45, 7) is 7.45. The molecule has 2 rings (SSSR count). The molecule has 10 nitrogen and oxygen atoms in total. The maximum absolute atomic E-state index is 11.9. The van der Waals surface area contributed by atoms with Gasteiger partial charge in [-0.25, -0.2) is 14.3 Å². The van der Waals surface area contributed by atoms with Gasteiger partial charge in [0.2, 0.25) is 5.75 Å². The number of benzene rings is 1. The van der Waals surface area contributed by atoms with Gasteiger partial charge in [-0.15, -0.1) is 5.10 Å². The summed E-state index contributed by atoms with van der Waals surface area (Å²) in [5, 5.41) is 36.9. The van der Waals surface area contributed by atoms with Crippen LogP contribution in [0.15, 0.2) is 24.3 Å². The Morgan fingerprint density at radius 3 is 2.10 bits per heavy atom. The fourth-order valence-electron chi connectivity index (χ4n) is 2.76. The van der Waals surface area contributed by atoms with Crippen LogP contribution in [-0.4, -0.2) is 44.3 Å². The Hall–Kier alpha value is -2.10. The summed E-state index contributed by atoms with van der Waals surface area (Å²) in [5.41, 5.74) is 0.598. The molecule has 0 saturated carbocycles. The van der Waals surface area contributed by atoms with Gasteiger partial charge in [-0.05, 0) is 36.1 Å². The minimum absolute atomic E-state index is 0. The van der Waals surface area contributed by atoms with Gasteiger partial charge in [0.25, 0.3) is 5.88 Å². The van der Waals surface area contributed by atoms with Crippen LogP contribution in [-0.2, 0) is 11.2 Å². The number of aromatic nitrogens is 2. The first-order chi connectivity index (χ1) is 14.0. The predicted octanol–water partition coefficient (Wildman–Crippen LogP) is 1.13. The van der Waals surface area contributed by atoms with E-state index in [9.17, 15) is 9.90 Å². The molecule has 3 N–H and O–H groups in total. The van der Waals surface area contributed by atoms with E-state index in [1.54, 1.807) is 24.3 Å². The number of carboxylic acids is 1. The van der Waals surface area contributed by atoms with Crippen LogP contribution in [0.5, 0.6) is 17.4 Å². The molecule has 0 aliphatic carbocycles. The number of hydrogen-bond donors (Lipinski definition) is 3. The van der Waals surface area contributed by atoms with E-state index in [2.05, 4.69) is 5.10 Å². The van der Waals surface area contributed by atoms with Gasteiger partial charge in [0.1, 0.15) is 5.75 Å². The zero-order valence-electron chi connectivity index (χ0n) is 19.4. The summed E-state index contributed by atoms with van der Waals surface area (Å²) in [6.07, 6.45) is -1.32. The van der Waals surface area contributed by atoms with Gasteiger partial charge in [0.15, 0.2) is 6.04 Å². The Morgan fingerprint density at radius 2 is 1.74 bits per heavy atom. The standard InChI is InChI=1S/C19H23N3O4.CH2O3.K.H/c1-6-14-15(26-13-9-7-12(11-20)8-10-13)17(25-5)21-22(14)16(18(23)24)19(2,3)4;2-1(3)4;;/h7-10,16H,6H2,1-5H3,(H,23,24);(H2,2,3,4);;/q;;+1;-1. The quantitative estimate of drug-likeness (QED) is 0.539. The first kappa shape index (κ1) is 28.9. The number of carboxylic acid groups (broad SMARTS) is 3. The molecule has 0 aliphatic heterocycles. The molecule has 164 valence electrons. The van der Waals surface area contributed by atoms with E-state index in [0.29, 0.717) is 29.2 Å². The Labute approximate surface area is 224 Å². The third kappa shape index (κ3) is 8.15. The van der Waals surface area contributed by atoms with Crippen molar-refractivity contribution < 1.29 is 87.2 Å². The number of nitriles is 1. The van der Waals surface area contributed by atoms with Crippen LogP contribution in [0.2, 0.25) is 0 Å². The van der Waals surface area contributed by atoms with Gasteiger partial charge in [0.05, 0.1) is 24.4 Å². The first-order valence-electron chi connectivity index (χ1n) is 8.94. The second-order valence-corrected chi connectivity index (χ2v) is 7.21. The van der Waals surface area contributed by atoms with Gasteiger partial charge < -0.3 is 26.2 Å². The van der Waals surface area contributed by atoms with Crippen molar-refractivity contribution in [2.24, 2.45) is 5.41 Å². The van der Waals surface area contributed by atoms with Crippen molar-refractivity contribution in [1.82, 2.24) is 9.78 Å².